The molecule has 0 aliphatic rings. The number of aliphatic carboxylic acids is 1. The first-order valence-corrected chi connectivity index (χ1v) is 8.87. The van der Waals surface area contributed by atoms with Crippen LogP contribution in [0.4, 0.5) is 26.3 Å². The number of fused-ring (bicyclic) bond motifs is 1. The average Bonchev–Trinajstić information content (AvgIpc) is 2.97. The number of halogens is 6. The van der Waals surface area contributed by atoms with Crippen molar-refractivity contribution in [3.8, 4) is 0 Å². The van der Waals surface area contributed by atoms with E-state index in [4.69, 9.17) is 5.11 Å². The molecule has 3 aromatic rings. The number of hydrogen-bond donors (Lipinski definition) is 1. The van der Waals surface area contributed by atoms with Gasteiger partial charge in [-0.2, -0.15) is 31.3 Å². The fraction of sp³-hybridized carbons (Fsp3) is 0.167. The van der Waals surface area contributed by atoms with E-state index < -0.39 is 47.5 Å². The van der Waals surface area contributed by atoms with Gasteiger partial charge in [0.15, 0.2) is 4.80 Å². The number of rotatable bonds is 3. The number of aromatic nitrogens is 1. The molecule has 0 aliphatic heterocycles. The van der Waals surface area contributed by atoms with E-state index in [2.05, 4.69) is 4.99 Å². The molecule has 0 bridgehead atoms. The van der Waals surface area contributed by atoms with Crippen LogP contribution in [-0.4, -0.2) is 21.6 Å². The second-order valence-corrected chi connectivity index (χ2v) is 6.99. The molecule has 0 atom stereocenters. The van der Waals surface area contributed by atoms with Crippen molar-refractivity contribution in [2.45, 2.75) is 18.9 Å². The Balaban J connectivity index is 2.20. The van der Waals surface area contributed by atoms with Gasteiger partial charge in [-0.05, 0) is 30.3 Å². The number of carbonyl (C=O) groups excluding carboxylic acids is 1. The van der Waals surface area contributed by atoms with Gasteiger partial charge in [0.25, 0.3) is 5.91 Å². The van der Waals surface area contributed by atoms with Crippen LogP contribution in [0, 0.1) is 0 Å². The molecule has 0 saturated heterocycles. The maximum atomic E-state index is 13.3. The lowest BCUT2D eigenvalue weighted by molar-refractivity contribution is -0.138. The second kappa shape index (κ2) is 7.59. The predicted molar refractivity (Wildman–Crippen MR) is 93.8 cm³/mol. The van der Waals surface area contributed by atoms with Crippen LogP contribution in [-0.2, 0) is 23.7 Å². The van der Waals surface area contributed by atoms with Crippen LogP contribution in [0.15, 0.2) is 47.5 Å². The molecule has 1 N–H and O–H groups in total. The highest BCUT2D eigenvalue weighted by Crippen LogP contribution is 2.36. The van der Waals surface area contributed by atoms with Crippen LogP contribution < -0.4 is 4.80 Å². The van der Waals surface area contributed by atoms with Gasteiger partial charge < -0.3 is 9.67 Å². The molecule has 0 unspecified atom stereocenters. The standard InChI is InChI=1S/C18H10F6N2O3S/c19-17(20,21)10-4-1-3-9(7-10)15(29)25-16-26(8-13(27)28)12-6-2-5-11(14(12)30-16)18(22,23)24/h1-7H,8H2,(H,27,28)/b25-16-. The average molecular weight is 448 g/mol. The number of hydrogen-bond acceptors (Lipinski definition) is 3. The molecule has 0 spiro atoms. The molecular formula is C18H10F6N2O3S. The van der Waals surface area contributed by atoms with E-state index in [9.17, 15) is 35.9 Å². The first-order chi connectivity index (χ1) is 13.9. The molecule has 0 radical (unpaired) electrons. The van der Waals surface area contributed by atoms with Crippen molar-refractivity contribution in [1.82, 2.24) is 4.57 Å². The van der Waals surface area contributed by atoms with Gasteiger partial charge in [-0.1, -0.05) is 23.5 Å². The Bertz CT molecular complexity index is 1210. The minimum absolute atomic E-state index is 0.118. The maximum absolute atomic E-state index is 13.3. The first kappa shape index (κ1) is 21.6. The van der Waals surface area contributed by atoms with Crippen molar-refractivity contribution in [2.75, 3.05) is 0 Å². The van der Waals surface area contributed by atoms with Crippen molar-refractivity contribution >= 4 is 33.4 Å². The van der Waals surface area contributed by atoms with E-state index in [-0.39, 0.29) is 15.0 Å². The zero-order chi connectivity index (χ0) is 22.3. The Hall–Kier alpha value is -3.15. The number of carboxylic acid groups (broad SMARTS) is 1. The second-order valence-electron chi connectivity index (χ2n) is 6.01. The van der Waals surface area contributed by atoms with Crippen molar-refractivity contribution in [3.63, 3.8) is 0 Å². The van der Waals surface area contributed by atoms with Crippen LogP contribution >= 0.6 is 11.3 Å². The van der Waals surface area contributed by atoms with Crippen LogP contribution in [0.5, 0.6) is 0 Å². The van der Waals surface area contributed by atoms with Crippen molar-refractivity contribution < 1.29 is 41.0 Å². The molecule has 0 fully saturated rings. The zero-order valence-electron chi connectivity index (χ0n) is 14.6. The third kappa shape index (κ3) is 4.37. The molecular weight excluding hydrogens is 438 g/mol. The summed E-state index contributed by atoms with van der Waals surface area (Å²) in [5.74, 6) is -2.56. The van der Waals surface area contributed by atoms with Crippen LogP contribution in [0.2, 0.25) is 0 Å². The molecule has 1 heterocycles. The Morgan fingerprint density at radius 2 is 1.67 bits per heavy atom. The summed E-state index contributed by atoms with van der Waals surface area (Å²) in [7, 11) is 0. The summed E-state index contributed by atoms with van der Waals surface area (Å²) in [5.41, 5.74) is -2.71. The van der Waals surface area contributed by atoms with Crippen LogP contribution in [0.1, 0.15) is 21.5 Å². The highest BCUT2D eigenvalue weighted by atomic mass is 32.1. The summed E-state index contributed by atoms with van der Waals surface area (Å²) in [6.45, 7) is -0.796. The summed E-state index contributed by atoms with van der Waals surface area (Å²) >= 11 is 0.422. The Kier molecular flexibility index (Phi) is 5.46. The number of thiazole rings is 1. The minimum atomic E-state index is -4.74. The highest BCUT2D eigenvalue weighted by molar-refractivity contribution is 7.16. The number of alkyl halides is 6. The van der Waals surface area contributed by atoms with Gasteiger partial charge >= 0.3 is 18.3 Å². The lowest BCUT2D eigenvalue weighted by Gasteiger charge is -2.07. The smallest absolute Gasteiger partial charge is 0.417 e. The van der Waals surface area contributed by atoms with Gasteiger partial charge in [-0.3, -0.25) is 9.59 Å². The Morgan fingerprint density at radius 3 is 2.27 bits per heavy atom. The molecule has 0 aliphatic carbocycles. The van der Waals surface area contributed by atoms with E-state index in [1.54, 1.807) is 0 Å². The molecule has 12 heteroatoms. The van der Waals surface area contributed by atoms with Gasteiger partial charge in [-0.25, -0.2) is 0 Å². The van der Waals surface area contributed by atoms with E-state index in [0.29, 0.717) is 17.4 Å². The van der Waals surface area contributed by atoms with Crippen molar-refractivity contribution in [1.29, 1.82) is 0 Å². The van der Waals surface area contributed by atoms with Gasteiger partial charge in [0.05, 0.1) is 21.3 Å². The summed E-state index contributed by atoms with van der Waals surface area (Å²) < 4.78 is 78.9. The molecule has 158 valence electrons. The molecule has 30 heavy (non-hydrogen) atoms. The van der Waals surface area contributed by atoms with E-state index in [1.807, 2.05) is 0 Å². The lowest BCUT2D eigenvalue weighted by atomic mass is 10.1. The third-order valence-corrected chi connectivity index (χ3v) is 5.07. The summed E-state index contributed by atoms with van der Waals surface area (Å²) in [6.07, 6.45) is -9.45. The zero-order valence-corrected chi connectivity index (χ0v) is 15.4. The lowest BCUT2D eigenvalue weighted by Crippen LogP contribution is -2.21. The molecule has 1 amide bonds. The minimum Gasteiger partial charge on any atom is -0.480 e. The SMILES string of the molecule is O=C(O)Cn1/c(=N/C(=O)c2cccc(C(F)(F)F)c2)sc2c(C(F)(F)F)cccc21. The Morgan fingerprint density at radius 1 is 1.00 bits per heavy atom. The quantitative estimate of drug-likeness (QED) is 0.597. The van der Waals surface area contributed by atoms with Crippen LogP contribution in [0.3, 0.4) is 0 Å². The first-order valence-electron chi connectivity index (χ1n) is 8.05. The number of benzene rings is 2. The Labute approximate surface area is 167 Å². The molecule has 1 aromatic heterocycles. The molecule has 0 saturated carbocycles. The molecule has 5 nitrogen and oxygen atoms in total. The fourth-order valence-electron chi connectivity index (χ4n) is 2.67. The van der Waals surface area contributed by atoms with Gasteiger partial charge in [0.2, 0.25) is 0 Å². The molecule has 2 aromatic carbocycles. The number of carboxylic acids is 1. The van der Waals surface area contributed by atoms with Crippen molar-refractivity contribution in [2.24, 2.45) is 4.99 Å². The largest absolute Gasteiger partial charge is 0.480 e. The summed E-state index contributed by atoms with van der Waals surface area (Å²) in [6, 6.07) is 6.47. The summed E-state index contributed by atoms with van der Waals surface area (Å²) in [4.78, 5) is 26.8. The van der Waals surface area contributed by atoms with E-state index >= 15 is 0 Å². The number of amides is 1. The summed E-state index contributed by atoms with van der Waals surface area (Å²) in [5, 5.41) is 9.09. The number of carbonyl (C=O) groups is 2. The predicted octanol–water partition coefficient (Wildman–Crippen LogP) is 4.57. The van der Waals surface area contributed by atoms with Crippen molar-refractivity contribution in [3.05, 3.63) is 64.0 Å². The van der Waals surface area contributed by atoms with E-state index in [1.165, 1.54) is 6.07 Å². The monoisotopic (exact) mass is 448 g/mol. The highest BCUT2D eigenvalue weighted by Gasteiger charge is 2.34. The van der Waals surface area contributed by atoms with Crippen LogP contribution in [0.25, 0.3) is 10.2 Å². The third-order valence-electron chi connectivity index (χ3n) is 3.94. The van der Waals surface area contributed by atoms with Gasteiger partial charge in [0, 0.05) is 5.56 Å². The van der Waals surface area contributed by atoms with Gasteiger partial charge in [-0.15, -0.1) is 0 Å². The molecule has 3 rings (SSSR count). The van der Waals surface area contributed by atoms with Gasteiger partial charge in [0.1, 0.15) is 6.54 Å². The fourth-order valence-corrected chi connectivity index (χ4v) is 3.83. The normalized spacial score (nSPS) is 13.1. The number of nitrogens with zero attached hydrogens (tertiary/aromatic N) is 2. The maximum Gasteiger partial charge on any atom is 0.417 e. The van der Waals surface area contributed by atoms with E-state index in [0.717, 1.165) is 34.9 Å². The topological polar surface area (TPSA) is 71.7 Å².